The van der Waals surface area contributed by atoms with E-state index in [1.165, 1.54) is 0 Å². The lowest BCUT2D eigenvalue weighted by molar-refractivity contribution is -0.114. The van der Waals surface area contributed by atoms with Gasteiger partial charge in [-0.15, -0.1) is 0 Å². The van der Waals surface area contributed by atoms with Crippen LogP contribution in [0.4, 0.5) is 0 Å². The van der Waals surface area contributed by atoms with E-state index in [2.05, 4.69) is 76.4 Å². The number of ether oxygens (including phenoxy) is 1. The van der Waals surface area contributed by atoms with Gasteiger partial charge >= 0.3 is 0 Å². The molecule has 2 aliphatic heterocycles. The molecule has 0 saturated heterocycles. The molecule has 2 aliphatic rings. The van der Waals surface area contributed by atoms with Gasteiger partial charge in [0.1, 0.15) is 0 Å². The number of para-hydroxylation sites is 2. The summed E-state index contributed by atoms with van der Waals surface area (Å²) in [6.45, 7) is 6.34. The van der Waals surface area contributed by atoms with Crippen LogP contribution in [-0.4, -0.2) is 33.5 Å². The molecule has 1 atom stereocenters. The van der Waals surface area contributed by atoms with E-state index >= 15 is 0 Å². The van der Waals surface area contributed by atoms with Gasteiger partial charge in [0, 0.05) is 75.4 Å². The second-order valence-electron chi connectivity index (χ2n) is 8.65. The van der Waals surface area contributed by atoms with E-state index in [1.54, 1.807) is 0 Å². The van der Waals surface area contributed by atoms with Crippen molar-refractivity contribution in [3.8, 4) is 0 Å². The Morgan fingerprint density at radius 1 is 0.939 bits per heavy atom. The van der Waals surface area contributed by atoms with E-state index in [-0.39, 0.29) is 12.0 Å². The van der Waals surface area contributed by atoms with E-state index in [1.807, 2.05) is 18.2 Å². The predicted octanol–water partition coefficient (Wildman–Crippen LogP) is 4.87. The average Bonchev–Trinajstić information content (AvgIpc) is 3.46. The van der Waals surface area contributed by atoms with Gasteiger partial charge in [-0.1, -0.05) is 43.0 Å². The van der Waals surface area contributed by atoms with E-state index in [4.69, 9.17) is 4.74 Å². The highest BCUT2D eigenvalue weighted by Gasteiger charge is 2.32. The van der Waals surface area contributed by atoms with Crippen LogP contribution < -0.4 is 5.32 Å². The molecule has 4 heterocycles. The zero-order valence-electron chi connectivity index (χ0n) is 18.3. The third-order valence-corrected chi connectivity index (χ3v) is 7.15. The fraction of sp³-hybridized carbons (Fsp3) is 0.222. The number of aryl methyl sites for hydroxylation is 1. The van der Waals surface area contributed by atoms with Crippen molar-refractivity contribution in [2.75, 3.05) is 12.4 Å². The van der Waals surface area contributed by atoms with Crippen LogP contribution in [0, 0.1) is 0 Å². The topological polar surface area (TPSA) is 48.2 Å². The lowest BCUT2D eigenvalue weighted by Crippen LogP contribution is -2.20. The number of carbonyl (C=O) groups is 1. The number of nitrogens with zero attached hydrogens (tertiary/aromatic N) is 2. The monoisotopic (exact) mass is 455 g/mol. The summed E-state index contributed by atoms with van der Waals surface area (Å²) < 4.78 is 10.7. The Kier molecular flexibility index (Phi) is 4.93. The molecule has 33 heavy (non-hydrogen) atoms. The lowest BCUT2D eigenvalue weighted by Gasteiger charge is -2.17. The molecule has 0 fully saturated rings. The molecule has 6 heteroatoms. The Morgan fingerprint density at radius 2 is 1.55 bits per heavy atom. The van der Waals surface area contributed by atoms with Gasteiger partial charge in [-0.3, -0.25) is 4.79 Å². The maximum absolute atomic E-state index is 13.3. The van der Waals surface area contributed by atoms with Crippen molar-refractivity contribution in [2.45, 2.75) is 25.6 Å². The first-order chi connectivity index (χ1) is 16.2. The van der Waals surface area contributed by atoms with Gasteiger partial charge in [0.25, 0.3) is 5.91 Å². The maximum Gasteiger partial charge on any atom is 0.257 e. The van der Waals surface area contributed by atoms with Gasteiger partial charge in [-0.05, 0) is 18.6 Å². The van der Waals surface area contributed by atoms with Gasteiger partial charge in [0.15, 0.2) is 0 Å². The fourth-order valence-corrected chi connectivity index (χ4v) is 5.46. The van der Waals surface area contributed by atoms with Crippen LogP contribution in [0.15, 0.2) is 73.2 Å². The third kappa shape index (κ3) is 3.24. The summed E-state index contributed by atoms with van der Waals surface area (Å²) in [6, 6.07) is 16.6. The van der Waals surface area contributed by atoms with Crippen LogP contribution >= 0.6 is 12.6 Å². The third-order valence-electron chi connectivity index (χ3n) is 6.74. The number of fused-ring (bicyclic) bond motifs is 12. The summed E-state index contributed by atoms with van der Waals surface area (Å²) in [5.41, 5.74) is 6.41. The van der Waals surface area contributed by atoms with Crippen LogP contribution in [-0.2, 0) is 22.6 Å². The SMILES string of the molecule is C=C1NC(=O)C2=C1c1cn(c3ccccc13)CCC(CS)OCCn1cc2c2ccccc21. The molecule has 1 N–H and O–H groups in total. The summed E-state index contributed by atoms with van der Waals surface area (Å²) in [6.07, 6.45) is 5.18. The van der Waals surface area contributed by atoms with E-state index in [0.29, 0.717) is 30.2 Å². The maximum atomic E-state index is 13.3. The molecule has 4 aromatic rings. The summed E-state index contributed by atoms with van der Waals surface area (Å²) >= 11 is 4.54. The number of aromatic nitrogens is 2. The first kappa shape index (κ1) is 20.4. The van der Waals surface area contributed by atoms with Crippen molar-refractivity contribution in [2.24, 2.45) is 0 Å². The number of hydrogen-bond donors (Lipinski definition) is 2. The average molecular weight is 456 g/mol. The quantitative estimate of drug-likeness (QED) is 0.403. The summed E-state index contributed by atoms with van der Waals surface area (Å²) in [4.78, 5) is 13.3. The van der Waals surface area contributed by atoms with Crippen molar-refractivity contribution in [1.82, 2.24) is 14.5 Å². The molecule has 0 aliphatic carbocycles. The van der Waals surface area contributed by atoms with Gasteiger partial charge < -0.3 is 19.2 Å². The van der Waals surface area contributed by atoms with Crippen LogP contribution in [0.25, 0.3) is 33.0 Å². The highest BCUT2D eigenvalue weighted by Crippen LogP contribution is 2.42. The summed E-state index contributed by atoms with van der Waals surface area (Å²) in [7, 11) is 0. The second kappa shape index (κ2) is 7.97. The standard InChI is InChI=1S/C27H25N3O2S/c1-17-25-21-14-29(23-8-4-2-6-19(21)23)11-10-18(16-33)32-13-12-30-15-22(26(25)27(31)28-17)20-7-3-5-9-24(20)30/h2-9,14-15,18,33H,1,10-13,16H2,(H,28,31). The zero-order chi connectivity index (χ0) is 22.5. The lowest BCUT2D eigenvalue weighted by atomic mass is 9.95. The van der Waals surface area contributed by atoms with Crippen LogP contribution in [0.1, 0.15) is 17.5 Å². The molecule has 6 rings (SSSR count). The van der Waals surface area contributed by atoms with E-state index < -0.39 is 0 Å². The van der Waals surface area contributed by atoms with Gasteiger partial charge in [-0.2, -0.15) is 12.6 Å². The van der Waals surface area contributed by atoms with Crippen LogP contribution in [0.5, 0.6) is 0 Å². The number of nitrogens with one attached hydrogen (secondary N) is 1. The van der Waals surface area contributed by atoms with Crippen LogP contribution in [0.2, 0.25) is 0 Å². The second-order valence-corrected chi connectivity index (χ2v) is 9.02. The minimum atomic E-state index is -0.104. The predicted molar refractivity (Wildman–Crippen MR) is 136 cm³/mol. The summed E-state index contributed by atoms with van der Waals surface area (Å²) in [5, 5.41) is 5.16. The van der Waals surface area contributed by atoms with E-state index in [0.717, 1.165) is 51.5 Å². The summed E-state index contributed by atoms with van der Waals surface area (Å²) in [5.74, 6) is 0.571. The Balaban J connectivity index is 1.68. The Hall–Kier alpha value is -3.22. The smallest absolute Gasteiger partial charge is 0.257 e. The van der Waals surface area contributed by atoms with Gasteiger partial charge in [-0.25, -0.2) is 0 Å². The molecule has 1 amide bonds. The molecule has 0 saturated carbocycles. The number of allylic oxidation sites excluding steroid dienone is 1. The van der Waals surface area contributed by atoms with Crippen molar-refractivity contribution >= 4 is 51.5 Å². The minimum absolute atomic E-state index is 0.0710. The zero-order valence-corrected chi connectivity index (χ0v) is 19.1. The van der Waals surface area contributed by atoms with Crippen LogP contribution in [0.3, 0.4) is 0 Å². The van der Waals surface area contributed by atoms with Crippen molar-refractivity contribution < 1.29 is 9.53 Å². The molecule has 166 valence electrons. The Bertz CT molecular complexity index is 1460. The number of hydrogen-bond acceptors (Lipinski definition) is 3. The molecular weight excluding hydrogens is 430 g/mol. The van der Waals surface area contributed by atoms with Crippen molar-refractivity contribution in [3.63, 3.8) is 0 Å². The van der Waals surface area contributed by atoms with Gasteiger partial charge in [0.2, 0.25) is 0 Å². The first-order valence-corrected chi connectivity index (χ1v) is 11.9. The van der Waals surface area contributed by atoms with Crippen molar-refractivity contribution in [1.29, 1.82) is 0 Å². The molecule has 0 radical (unpaired) electrons. The fourth-order valence-electron chi connectivity index (χ4n) is 5.17. The number of amides is 1. The molecule has 5 nitrogen and oxygen atoms in total. The number of benzene rings is 2. The number of carbonyl (C=O) groups excluding carboxylic acids is 1. The normalized spacial score (nSPS) is 19.1. The van der Waals surface area contributed by atoms with Crippen molar-refractivity contribution in [3.05, 3.63) is 84.3 Å². The largest absolute Gasteiger partial charge is 0.375 e. The molecule has 0 spiro atoms. The number of thiol groups is 1. The first-order valence-electron chi connectivity index (χ1n) is 11.3. The molecule has 2 aromatic heterocycles. The van der Waals surface area contributed by atoms with Gasteiger partial charge in [0.05, 0.1) is 18.3 Å². The molecule has 2 aromatic carbocycles. The molecule has 1 unspecified atom stereocenters. The molecule has 4 bridgehead atoms. The highest BCUT2D eigenvalue weighted by molar-refractivity contribution is 7.80. The Morgan fingerprint density at radius 3 is 2.21 bits per heavy atom. The van der Waals surface area contributed by atoms with E-state index in [9.17, 15) is 4.79 Å². The number of rotatable bonds is 1. The Labute approximate surface area is 197 Å². The molecular formula is C27H25N3O2S. The highest BCUT2D eigenvalue weighted by atomic mass is 32.1. The minimum Gasteiger partial charge on any atom is -0.375 e.